The highest BCUT2D eigenvalue weighted by atomic mass is 19.4. The molecule has 1 unspecified atom stereocenters. The van der Waals surface area contributed by atoms with Crippen molar-refractivity contribution >= 4 is 5.97 Å². The smallest absolute Gasteiger partial charge is 0.416 e. The Balaban J connectivity index is 2.25. The molecule has 1 aliphatic heterocycles. The number of esters is 1. The van der Waals surface area contributed by atoms with Gasteiger partial charge in [-0.2, -0.15) is 18.4 Å². The van der Waals surface area contributed by atoms with E-state index in [0.717, 1.165) is 12.1 Å². The molecule has 1 atom stereocenters. The molecule has 31 heavy (non-hydrogen) atoms. The van der Waals surface area contributed by atoms with Gasteiger partial charge in [0.2, 0.25) is 5.88 Å². The summed E-state index contributed by atoms with van der Waals surface area (Å²) in [4.78, 5) is 12.7. The van der Waals surface area contributed by atoms with Gasteiger partial charge in [-0.1, -0.05) is 36.4 Å². The Bertz CT molecular complexity index is 1130. The molecule has 2 aromatic rings. The summed E-state index contributed by atoms with van der Waals surface area (Å²) in [6, 6.07) is 13.4. The molecular formula is C23H19F3N2O3. The molecule has 2 aromatic carbocycles. The van der Waals surface area contributed by atoms with E-state index in [0.29, 0.717) is 11.1 Å². The molecule has 160 valence electrons. The molecule has 0 amide bonds. The van der Waals surface area contributed by atoms with Crippen LogP contribution in [0.4, 0.5) is 13.2 Å². The maximum Gasteiger partial charge on any atom is 0.416 e. The summed E-state index contributed by atoms with van der Waals surface area (Å²) in [5.74, 6) is -1.65. The predicted molar refractivity (Wildman–Crippen MR) is 107 cm³/mol. The van der Waals surface area contributed by atoms with Gasteiger partial charge in [-0.15, -0.1) is 0 Å². The van der Waals surface area contributed by atoms with Crippen molar-refractivity contribution < 1.29 is 27.4 Å². The first-order valence-corrected chi connectivity index (χ1v) is 9.41. The second-order valence-electron chi connectivity index (χ2n) is 6.78. The fourth-order valence-corrected chi connectivity index (χ4v) is 3.54. The van der Waals surface area contributed by atoms with Crippen LogP contribution in [-0.4, -0.2) is 12.6 Å². The number of nitriles is 1. The van der Waals surface area contributed by atoms with E-state index in [2.05, 4.69) is 0 Å². The van der Waals surface area contributed by atoms with Gasteiger partial charge in [-0.25, -0.2) is 4.79 Å². The largest absolute Gasteiger partial charge is 0.463 e. The summed E-state index contributed by atoms with van der Waals surface area (Å²) < 4.78 is 50.3. The van der Waals surface area contributed by atoms with E-state index >= 15 is 0 Å². The van der Waals surface area contributed by atoms with Gasteiger partial charge in [-0.05, 0) is 42.7 Å². The van der Waals surface area contributed by atoms with Crippen LogP contribution in [-0.2, 0) is 20.4 Å². The minimum atomic E-state index is -4.52. The van der Waals surface area contributed by atoms with Crippen molar-refractivity contribution in [3.05, 3.63) is 82.4 Å². The standard InChI is InChI=1S/C23H19F3N2O3/c1-3-30-22(29)19-13(2)31-21(28)18(12-27)20(19)17-10-5-4-9-16(17)14-7-6-8-15(11-14)23(24,25)26/h4-11,20H,3,28H2,1-2H3. The van der Waals surface area contributed by atoms with E-state index in [1.807, 2.05) is 6.07 Å². The second kappa shape index (κ2) is 8.56. The van der Waals surface area contributed by atoms with Crippen molar-refractivity contribution in [3.8, 4) is 17.2 Å². The monoisotopic (exact) mass is 428 g/mol. The lowest BCUT2D eigenvalue weighted by atomic mass is 9.79. The minimum Gasteiger partial charge on any atom is -0.463 e. The fraction of sp³-hybridized carbons (Fsp3) is 0.217. The van der Waals surface area contributed by atoms with Crippen molar-refractivity contribution in [3.63, 3.8) is 0 Å². The number of nitrogens with zero attached hydrogens (tertiary/aromatic N) is 1. The lowest BCUT2D eigenvalue weighted by Crippen LogP contribution is -2.26. The number of ether oxygens (including phenoxy) is 2. The molecule has 0 bridgehead atoms. The van der Waals surface area contributed by atoms with Gasteiger partial charge in [0.25, 0.3) is 0 Å². The quantitative estimate of drug-likeness (QED) is 0.692. The number of halogens is 3. The van der Waals surface area contributed by atoms with Crippen LogP contribution in [0, 0.1) is 11.3 Å². The van der Waals surface area contributed by atoms with Crippen LogP contribution in [0.25, 0.3) is 11.1 Å². The maximum absolute atomic E-state index is 13.3. The Labute approximate surface area is 177 Å². The topological polar surface area (TPSA) is 85.3 Å². The van der Waals surface area contributed by atoms with Gasteiger partial charge < -0.3 is 15.2 Å². The third-order valence-corrected chi connectivity index (χ3v) is 4.87. The fourth-order valence-electron chi connectivity index (χ4n) is 3.54. The maximum atomic E-state index is 13.3. The number of carbonyl (C=O) groups is 1. The van der Waals surface area contributed by atoms with E-state index < -0.39 is 23.6 Å². The summed E-state index contributed by atoms with van der Waals surface area (Å²) in [7, 11) is 0. The first-order valence-electron chi connectivity index (χ1n) is 9.41. The molecule has 5 nitrogen and oxygen atoms in total. The van der Waals surface area contributed by atoms with Crippen molar-refractivity contribution in [2.24, 2.45) is 5.73 Å². The van der Waals surface area contributed by atoms with Gasteiger partial charge in [0.1, 0.15) is 17.4 Å². The molecule has 1 heterocycles. The summed E-state index contributed by atoms with van der Waals surface area (Å²) in [5.41, 5.74) is 6.31. The molecule has 0 aliphatic carbocycles. The van der Waals surface area contributed by atoms with Gasteiger partial charge in [0.15, 0.2) is 0 Å². The van der Waals surface area contributed by atoms with Crippen LogP contribution in [0.5, 0.6) is 0 Å². The highest BCUT2D eigenvalue weighted by Gasteiger charge is 2.38. The van der Waals surface area contributed by atoms with Crippen molar-refractivity contribution in [1.29, 1.82) is 5.26 Å². The van der Waals surface area contributed by atoms with Gasteiger partial charge in [0, 0.05) is 0 Å². The average Bonchev–Trinajstić information content (AvgIpc) is 2.73. The Morgan fingerprint density at radius 3 is 2.58 bits per heavy atom. The molecule has 0 saturated heterocycles. The summed E-state index contributed by atoms with van der Waals surface area (Å²) >= 11 is 0. The molecule has 8 heteroatoms. The van der Waals surface area contributed by atoms with E-state index in [4.69, 9.17) is 15.2 Å². The molecule has 0 radical (unpaired) electrons. The second-order valence-corrected chi connectivity index (χ2v) is 6.78. The highest BCUT2D eigenvalue weighted by molar-refractivity contribution is 5.93. The Kier molecular flexibility index (Phi) is 6.07. The van der Waals surface area contributed by atoms with Crippen LogP contribution in [0.2, 0.25) is 0 Å². The third-order valence-electron chi connectivity index (χ3n) is 4.87. The number of carbonyl (C=O) groups excluding carboxylic acids is 1. The van der Waals surface area contributed by atoms with Crippen LogP contribution in [0.1, 0.15) is 30.9 Å². The van der Waals surface area contributed by atoms with E-state index in [1.165, 1.54) is 19.1 Å². The van der Waals surface area contributed by atoms with Gasteiger partial charge >= 0.3 is 12.1 Å². The number of allylic oxidation sites excluding steroid dienone is 2. The van der Waals surface area contributed by atoms with Crippen molar-refractivity contribution in [2.75, 3.05) is 6.61 Å². The van der Waals surface area contributed by atoms with Crippen LogP contribution >= 0.6 is 0 Å². The van der Waals surface area contributed by atoms with E-state index in [-0.39, 0.29) is 35.0 Å². The first kappa shape index (κ1) is 22.0. The Morgan fingerprint density at radius 2 is 1.94 bits per heavy atom. The SMILES string of the molecule is CCOC(=O)C1=C(C)OC(N)=C(C#N)C1c1ccccc1-c1cccc(C(F)(F)F)c1. The van der Waals surface area contributed by atoms with Gasteiger partial charge in [-0.3, -0.25) is 0 Å². The molecule has 2 N–H and O–H groups in total. The molecule has 3 rings (SSSR count). The zero-order valence-electron chi connectivity index (χ0n) is 16.8. The van der Waals surface area contributed by atoms with Crippen molar-refractivity contribution in [2.45, 2.75) is 25.9 Å². The normalized spacial score (nSPS) is 16.6. The molecule has 0 aromatic heterocycles. The predicted octanol–water partition coefficient (Wildman–Crippen LogP) is 5.02. The third kappa shape index (κ3) is 4.26. The zero-order valence-corrected chi connectivity index (χ0v) is 16.8. The van der Waals surface area contributed by atoms with E-state index in [9.17, 15) is 23.2 Å². The number of nitrogens with two attached hydrogens (primary N) is 1. The highest BCUT2D eigenvalue weighted by Crippen LogP contribution is 2.43. The number of hydrogen-bond donors (Lipinski definition) is 1. The zero-order chi connectivity index (χ0) is 22.8. The number of benzene rings is 2. The van der Waals surface area contributed by atoms with Crippen LogP contribution in [0.3, 0.4) is 0 Å². The lowest BCUT2D eigenvalue weighted by molar-refractivity contribution is -0.139. The van der Waals surface area contributed by atoms with Crippen LogP contribution in [0.15, 0.2) is 71.3 Å². The molecule has 0 spiro atoms. The first-order chi connectivity index (χ1) is 14.7. The molecule has 0 fully saturated rings. The lowest BCUT2D eigenvalue weighted by Gasteiger charge is -2.28. The Hall–Kier alpha value is -3.73. The Morgan fingerprint density at radius 1 is 1.23 bits per heavy atom. The minimum absolute atomic E-state index is 0.0203. The number of rotatable bonds is 4. The average molecular weight is 428 g/mol. The molecule has 1 aliphatic rings. The number of hydrogen-bond acceptors (Lipinski definition) is 5. The number of alkyl halides is 3. The summed E-state index contributed by atoms with van der Waals surface area (Å²) in [6.07, 6.45) is -4.52. The van der Waals surface area contributed by atoms with Gasteiger partial charge in [0.05, 0.1) is 23.7 Å². The van der Waals surface area contributed by atoms with Crippen molar-refractivity contribution in [1.82, 2.24) is 0 Å². The summed E-state index contributed by atoms with van der Waals surface area (Å²) in [6.45, 7) is 3.25. The molecule has 0 saturated carbocycles. The van der Waals surface area contributed by atoms with E-state index in [1.54, 1.807) is 31.2 Å². The summed E-state index contributed by atoms with van der Waals surface area (Å²) in [5, 5.41) is 9.73. The molecular weight excluding hydrogens is 409 g/mol. The van der Waals surface area contributed by atoms with Crippen LogP contribution < -0.4 is 5.73 Å².